The number of carbonyl (C=O) groups excluding carboxylic acids is 2. The van der Waals surface area contributed by atoms with Crippen LogP contribution in [0, 0.1) is 0 Å². The lowest BCUT2D eigenvalue weighted by Crippen LogP contribution is -2.13. The summed E-state index contributed by atoms with van der Waals surface area (Å²) in [7, 11) is 1.51. The van der Waals surface area contributed by atoms with E-state index in [1.807, 2.05) is 0 Å². The molecule has 8 nitrogen and oxygen atoms in total. The standard InChI is InChI=1S/C28H17NO7/c1-33-16-8-6-7-15(13-16)24(30)26-23(17-9-2-4-11-20(17)34-26)29-27(32)22-14-19-25(31)18-10-3-5-12-21(18)35-28(19)36-22/h2-14H,1H3,(H,29,32). The molecule has 6 rings (SSSR count). The maximum Gasteiger partial charge on any atom is 0.302 e. The van der Waals surface area contributed by atoms with E-state index in [1.165, 1.54) is 13.2 Å². The van der Waals surface area contributed by atoms with Crippen molar-refractivity contribution in [3.63, 3.8) is 0 Å². The van der Waals surface area contributed by atoms with Crippen LogP contribution in [-0.2, 0) is 0 Å². The third kappa shape index (κ3) is 3.43. The Morgan fingerprint density at radius 2 is 1.50 bits per heavy atom. The van der Waals surface area contributed by atoms with E-state index in [1.54, 1.807) is 72.8 Å². The molecule has 0 unspecified atom stereocenters. The number of furan rings is 2. The molecule has 3 heterocycles. The normalized spacial score (nSPS) is 11.2. The fourth-order valence-corrected chi connectivity index (χ4v) is 4.11. The Hall–Kier alpha value is -5.11. The lowest BCUT2D eigenvalue weighted by Gasteiger charge is -2.06. The number of ketones is 1. The minimum atomic E-state index is -0.670. The number of para-hydroxylation sites is 2. The highest BCUT2D eigenvalue weighted by Crippen LogP contribution is 2.34. The Bertz CT molecular complexity index is 1870. The number of methoxy groups -OCH3 is 1. The SMILES string of the molecule is COc1cccc(C(=O)c2oc3ccccc3c2NC(=O)c2cc3c(=O)c4ccccc4oc3o2)c1. The summed E-state index contributed by atoms with van der Waals surface area (Å²) in [6, 6.07) is 21.7. The van der Waals surface area contributed by atoms with Gasteiger partial charge >= 0.3 is 5.78 Å². The zero-order chi connectivity index (χ0) is 24.8. The first-order valence-corrected chi connectivity index (χ1v) is 11.0. The van der Waals surface area contributed by atoms with Gasteiger partial charge in [0.2, 0.25) is 11.2 Å². The molecule has 36 heavy (non-hydrogen) atoms. The smallest absolute Gasteiger partial charge is 0.302 e. The number of hydrogen-bond donors (Lipinski definition) is 1. The summed E-state index contributed by atoms with van der Waals surface area (Å²) >= 11 is 0. The maximum atomic E-state index is 13.4. The molecule has 1 amide bonds. The monoisotopic (exact) mass is 479 g/mol. The van der Waals surface area contributed by atoms with Gasteiger partial charge in [-0.3, -0.25) is 14.4 Å². The molecule has 0 atom stereocenters. The number of ether oxygens (including phenoxy) is 1. The highest BCUT2D eigenvalue weighted by Gasteiger charge is 2.26. The second-order valence-electron chi connectivity index (χ2n) is 8.06. The molecule has 8 heteroatoms. The Balaban J connectivity index is 1.43. The minimum Gasteiger partial charge on any atom is -0.497 e. The highest BCUT2D eigenvalue weighted by molar-refractivity contribution is 6.18. The van der Waals surface area contributed by atoms with E-state index in [-0.39, 0.29) is 33.8 Å². The Kier molecular flexibility index (Phi) is 4.93. The summed E-state index contributed by atoms with van der Waals surface area (Å²) in [4.78, 5) is 39.4. The average Bonchev–Trinajstić information content (AvgIpc) is 3.51. The van der Waals surface area contributed by atoms with Crippen LogP contribution >= 0.6 is 0 Å². The quantitative estimate of drug-likeness (QED) is 0.312. The first-order valence-electron chi connectivity index (χ1n) is 11.0. The molecule has 3 aromatic carbocycles. The van der Waals surface area contributed by atoms with Crippen molar-refractivity contribution >= 4 is 50.5 Å². The van der Waals surface area contributed by atoms with Crippen LogP contribution in [0.15, 0.2) is 96.9 Å². The van der Waals surface area contributed by atoms with Crippen LogP contribution in [0.3, 0.4) is 0 Å². The van der Waals surface area contributed by atoms with Gasteiger partial charge in [0.15, 0.2) is 11.5 Å². The predicted molar refractivity (Wildman–Crippen MR) is 133 cm³/mol. The van der Waals surface area contributed by atoms with Crippen LogP contribution < -0.4 is 15.5 Å². The molecule has 176 valence electrons. The third-order valence-corrected chi connectivity index (χ3v) is 5.87. The van der Waals surface area contributed by atoms with Crippen molar-refractivity contribution in [2.75, 3.05) is 12.4 Å². The van der Waals surface area contributed by atoms with Gasteiger partial charge in [0.05, 0.1) is 18.2 Å². The van der Waals surface area contributed by atoms with E-state index in [0.29, 0.717) is 33.3 Å². The van der Waals surface area contributed by atoms with E-state index in [2.05, 4.69) is 5.32 Å². The number of fused-ring (bicyclic) bond motifs is 3. The van der Waals surface area contributed by atoms with Gasteiger partial charge in [-0.25, -0.2) is 0 Å². The molecule has 1 N–H and O–H groups in total. The second-order valence-corrected chi connectivity index (χ2v) is 8.06. The number of anilines is 1. The topological polar surface area (TPSA) is 112 Å². The van der Waals surface area contributed by atoms with Gasteiger partial charge in [-0.1, -0.05) is 36.4 Å². The Morgan fingerprint density at radius 1 is 0.778 bits per heavy atom. The molecule has 0 spiro atoms. The summed E-state index contributed by atoms with van der Waals surface area (Å²) in [6.07, 6.45) is 0. The molecule has 0 aliphatic heterocycles. The van der Waals surface area contributed by atoms with Crippen LogP contribution in [0.25, 0.3) is 33.1 Å². The summed E-state index contributed by atoms with van der Waals surface area (Å²) in [5, 5.41) is 3.79. The average molecular weight is 479 g/mol. The lowest BCUT2D eigenvalue weighted by atomic mass is 10.1. The van der Waals surface area contributed by atoms with E-state index >= 15 is 0 Å². The molecule has 6 aromatic rings. The first kappa shape index (κ1) is 21.4. The molecular formula is C28H17NO7. The zero-order valence-electron chi connectivity index (χ0n) is 18.9. The van der Waals surface area contributed by atoms with Crippen molar-refractivity contribution in [3.05, 3.63) is 106 Å². The number of rotatable bonds is 5. The van der Waals surface area contributed by atoms with Crippen molar-refractivity contribution in [2.45, 2.75) is 0 Å². The number of benzene rings is 3. The zero-order valence-corrected chi connectivity index (χ0v) is 18.9. The summed E-state index contributed by atoms with van der Waals surface area (Å²) in [5.74, 6) is -0.854. The molecule has 0 aliphatic rings. The summed E-state index contributed by atoms with van der Waals surface area (Å²) in [6.45, 7) is 0. The molecule has 3 aromatic heterocycles. The molecular weight excluding hydrogens is 462 g/mol. The predicted octanol–water partition coefficient (Wildman–Crippen LogP) is 5.78. The van der Waals surface area contributed by atoms with Gasteiger partial charge in [-0.2, -0.15) is 0 Å². The van der Waals surface area contributed by atoms with Crippen LogP contribution in [0.4, 0.5) is 5.69 Å². The van der Waals surface area contributed by atoms with Crippen LogP contribution in [0.5, 0.6) is 5.75 Å². The van der Waals surface area contributed by atoms with Gasteiger partial charge in [-0.05, 0) is 36.4 Å². The van der Waals surface area contributed by atoms with Crippen LogP contribution in [-0.4, -0.2) is 18.8 Å². The van der Waals surface area contributed by atoms with Crippen molar-refractivity contribution in [1.82, 2.24) is 0 Å². The largest absolute Gasteiger partial charge is 0.497 e. The summed E-state index contributed by atoms with van der Waals surface area (Å²) < 4.78 is 22.3. The van der Waals surface area contributed by atoms with Crippen molar-refractivity contribution in [1.29, 1.82) is 0 Å². The number of carbonyl (C=O) groups is 2. The fourth-order valence-electron chi connectivity index (χ4n) is 4.11. The first-order chi connectivity index (χ1) is 17.5. The molecule has 0 saturated carbocycles. The van der Waals surface area contributed by atoms with Crippen LogP contribution in [0.1, 0.15) is 26.7 Å². The van der Waals surface area contributed by atoms with Gasteiger partial charge in [0.25, 0.3) is 5.91 Å². The number of amides is 1. The molecule has 0 aliphatic carbocycles. The van der Waals surface area contributed by atoms with Crippen molar-refractivity contribution in [3.8, 4) is 5.75 Å². The Morgan fingerprint density at radius 3 is 2.28 bits per heavy atom. The third-order valence-electron chi connectivity index (χ3n) is 5.87. The van der Waals surface area contributed by atoms with Gasteiger partial charge < -0.3 is 23.3 Å². The maximum absolute atomic E-state index is 13.4. The highest BCUT2D eigenvalue weighted by atomic mass is 16.5. The molecule has 0 bridgehead atoms. The molecule has 0 saturated heterocycles. The minimum absolute atomic E-state index is 0.0474. The fraction of sp³-hybridized carbons (Fsp3) is 0.0357. The van der Waals surface area contributed by atoms with Crippen LogP contribution in [0.2, 0.25) is 0 Å². The number of hydrogen-bond acceptors (Lipinski definition) is 7. The van der Waals surface area contributed by atoms with E-state index in [4.69, 9.17) is 18.0 Å². The lowest BCUT2D eigenvalue weighted by molar-refractivity contribution is 0.0996. The van der Waals surface area contributed by atoms with E-state index in [9.17, 15) is 14.4 Å². The molecule has 0 radical (unpaired) electrons. The van der Waals surface area contributed by atoms with Crippen molar-refractivity contribution < 1.29 is 27.6 Å². The van der Waals surface area contributed by atoms with E-state index in [0.717, 1.165) is 0 Å². The summed E-state index contributed by atoms with van der Waals surface area (Å²) in [5.41, 5.74) is 0.981. The van der Waals surface area contributed by atoms with E-state index < -0.39 is 11.7 Å². The number of nitrogens with one attached hydrogen (secondary N) is 1. The van der Waals surface area contributed by atoms with Gasteiger partial charge in [-0.15, -0.1) is 0 Å². The second kappa shape index (κ2) is 8.28. The molecule has 0 fully saturated rings. The van der Waals surface area contributed by atoms with Gasteiger partial charge in [0, 0.05) is 17.0 Å². The van der Waals surface area contributed by atoms with Crippen molar-refractivity contribution in [2.24, 2.45) is 0 Å². The Labute approximate surface area is 202 Å². The van der Waals surface area contributed by atoms with Gasteiger partial charge in [0.1, 0.15) is 22.3 Å².